The first-order chi connectivity index (χ1) is 8.18. The molecule has 17 heavy (non-hydrogen) atoms. The molecule has 0 aromatic heterocycles. The molecular weight excluding hydrogens is 208 g/mol. The van der Waals surface area contributed by atoms with Gasteiger partial charge in [0.15, 0.2) is 0 Å². The zero-order valence-electron chi connectivity index (χ0n) is 10.3. The van der Waals surface area contributed by atoms with Crippen LogP contribution in [0.15, 0.2) is 42.5 Å². The Kier molecular flexibility index (Phi) is 3.33. The molecule has 0 atom stereocenters. The second-order valence-corrected chi connectivity index (χ2v) is 4.32. The molecule has 88 valence electrons. The number of anilines is 2. The van der Waals surface area contributed by atoms with Crippen LogP contribution in [0.1, 0.15) is 16.7 Å². The Hall–Kier alpha value is -1.96. The average Bonchev–Trinajstić information content (AvgIpc) is 2.33. The van der Waals surface area contributed by atoms with Gasteiger partial charge in [-0.15, -0.1) is 0 Å². The molecule has 0 aliphatic rings. The van der Waals surface area contributed by atoms with Gasteiger partial charge in [-0.25, -0.2) is 0 Å². The van der Waals surface area contributed by atoms with E-state index < -0.39 is 0 Å². The van der Waals surface area contributed by atoms with E-state index in [9.17, 15) is 0 Å². The maximum Gasteiger partial charge on any atom is 0.0421 e. The van der Waals surface area contributed by atoms with E-state index in [1.807, 2.05) is 31.2 Å². The molecule has 0 aliphatic heterocycles. The lowest BCUT2D eigenvalue weighted by Gasteiger charge is -2.12. The highest BCUT2D eigenvalue weighted by atomic mass is 14.9. The molecule has 0 spiro atoms. The van der Waals surface area contributed by atoms with Crippen LogP contribution in [0.5, 0.6) is 0 Å². The van der Waals surface area contributed by atoms with Crippen LogP contribution in [0.25, 0.3) is 0 Å². The van der Waals surface area contributed by atoms with Crippen LogP contribution >= 0.6 is 0 Å². The fraction of sp³-hybridized carbons (Fsp3) is 0.200. The van der Waals surface area contributed by atoms with Crippen LogP contribution in [0.2, 0.25) is 0 Å². The van der Waals surface area contributed by atoms with Crippen LogP contribution in [-0.4, -0.2) is 0 Å². The molecule has 0 radical (unpaired) electrons. The number of benzene rings is 2. The van der Waals surface area contributed by atoms with Crippen molar-refractivity contribution in [3.63, 3.8) is 0 Å². The Bertz CT molecular complexity index is 518. The minimum atomic E-state index is 0.762. The number of nitrogens with one attached hydrogen (secondary N) is 1. The topological polar surface area (TPSA) is 38.0 Å². The largest absolute Gasteiger partial charge is 0.398 e. The van der Waals surface area contributed by atoms with Gasteiger partial charge in [-0.1, -0.05) is 36.4 Å². The smallest absolute Gasteiger partial charge is 0.0421 e. The van der Waals surface area contributed by atoms with Crippen LogP contribution in [0.4, 0.5) is 11.4 Å². The molecule has 0 saturated carbocycles. The number of para-hydroxylation sites is 2. The normalized spacial score (nSPS) is 10.2. The second kappa shape index (κ2) is 4.91. The van der Waals surface area contributed by atoms with E-state index in [0.717, 1.165) is 29.0 Å². The van der Waals surface area contributed by atoms with Crippen molar-refractivity contribution in [3.8, 4) is 0 Å². The van der Waals surface area contributed by atoms with Gasteiger partial charge < -0.3 is 11.1 Å². The number of rotatable bonds is 3. The summed E-state index contributed by atoms with van der Waals surface area (Å²) in [6.45, 7) is 4.90. The zero-order chi connectivity index (χ0) is 12.3. The quantitative estimate of drug-likeness (QED) is 0.786. The summed E-state index contributed by atoms with van der Waals surface area (Å²) in [7, 11) is 0. The molecule has 0 aliphatic carbocycles. The van der Waals surface area contributed by atoms with Crippen molar-refractivity contribution >= 4 is 11.4 Å². The van der Waals surface area contributed by atoms with Crippen molar-refractivity contribution in [1.82, 2.24) is 0 Å². The van der Waals surface area contributed by atoms with Gasteiger partial charge in [-0.3, -0.25) is 0 Å². The fourth-order valence-corrected chi connectivity index (χ4v) is 1.86. The van der Waals surface area contributed by atoms with Gasteiger partial charge in [-0.05, 0) is 36.6 Å². The highest BCUT2D eigenvalue weighted by Crippen LogP contribution is 2.19. The Morgan fingerprint density at radius 3 is 2.41 bits per heavy atom. The molecule has 2 rings (SSSR count). The molecule has 2 aromatic carbocycles. The SMILES string of the molecule is Cc1ccccc1NCc1cccc(C)c1N. The minimum Gasteiger partial charge on any atom is -0.398 e. The van der Waals surface area contributed by atoms with E-state index in [1.54, 1.807) is 0 Å². The number of hydrogen-bond donors (Lipinski definition) is 2. The molecule has 0 fully saturated rings. The van der Waals surface area contributed by atoms with Gasteiger partial charge >= 0.3 is 0 Å². The van der Waals surface area contributed by atoms with Gasteiger partial charge in [0.2, 0.25) is 0 Å². The molecule has 2 aromatic rings. The lowest BCUT2D eigenvalue weighted by molar-refractivity contribution is 1.14. The Labute approximate surface area is 102 Å². The molecule has 0 saturated heterocycles. The predicted octanol–water partition coefficient (Wildman–Crippen LogP) is 3.50. The van der Waals surface area contributed by atoms with E-state index >= 15 is 0 Å². The third-order valence-electron chi connectivity index (χ3n) is 3.03. The summed E-state index contributed by atoms with van der Waals surface area (Å²) < 4.78 is 0. The van der Waals surface area contributed by atoms with E-state index in [1.165, 1.54) is 5.56 Å². The molecule has 2 nitrogen and oxygen atoms in total. The molecule has 0 heterocycles. The lowest BCUT2D eigenvalue weighted by atomic mass is 10.1. The molecule has 0 bridgehead atoms. The minimum absolute atomic E-state index is 0.762. The first-order valence-corrected chi connectivity index (χ1v) is 5.82. The zero-order valence-corrected chi connectivity index (χ0v) is 10.3. The van der Waals surface area contributed by atoms with E-state index in [4.69, 9.17) is 5.73 Å². The summed E-state index contributed by atoms with van der Waals surface area (Å²) in [5, 5.41) is 3.42. The fourth-order valence-electron chi connectivity index (χ4n) is 1.86. The molecule has 3 N–H and O–H groups in total. The van der Waals surface area contributed by atoms with Gasteiger partial charge in [-0.2, -0.15) is 0 Å². The Morgan fingerprint density at radius 1 is 0.941 bits per heavy atom. The molecule has 0 amide bonds. The third-order valence-corrected chi connectivity index (χ3v) is 3.03. The van der Waals surface area contributed by atoms with Crippen molar-refractivity contribution < 1.29 is 0 Å². The van der Waals surface area contributed by atoms with Crippen LogP contribution in [0, 0.1) is 13.8 Å². The van der Waals surface area contributed by atoms with Gasteiger partial charge in [0, 0.05) is 17.9 Å². The maximum absolute atomic E-state index is 6.04. The Balaban J connectivity index is 2.13. The third kappa shape index (κ3) is 2.59. The standard InChI is InChI=1S/C15H18N2/c1-11-6-3-4-9-14(11)17-10-13-8-5-7-12(2)15(13)16/h3-9,17H,10,16H2,1-2H3. The first-order valence-electron chi connectivity index (χ1n) is 5.82. The highest BCUT2D eigenvalue weighted by molar-refractivity contribution is 5.56. The van der Waals surface area contributed by atoms with Crippen LogP contribution < -0.4 is 11.1 Å². The van der Waals surface area contributed by atoms with E-state index in [-0.39, 0.29) is 0 Å². The molecular formula is C15H18N2. The Morgan fingerprint density at radius 2 is 1.65 bits per heavy atom. The number of hydrogen-bond acceptors (Lipinski definition) is 2. The summed E-state index contributed by atoms with van der Waals surface area (Å²) in [6.07, 6.45) is 0. The molecule has 2 heteroatoms. The lowest BCUT2D eigenvalue weighted by Crippen LogP contribution is -2.04. The van der Waals surface area contributed by atoms with E-state index in [0.29, 0.717) is 0 Å². The predicted molar refractivity (Wildman–Crippen MR) is 74.1 cm³/mol. The van der Waals surface area contributed by atoms with Crippen molar-refractivity contribution in [1.29, 1.82) is 0 Å². The van der Waals surface area contributed by atoms with Crippen molar-refractivity contribution in [2.24, 2.45) is 0 Å². The van der Waals surface area contributed by atoms with Crippen molar-refractivity contribution in [2.45, 2.75) is 20.4 Å². The summed E-state index contributed by atoms with van der Waals surface area (Å²) in [5.74, 6) is 0. The summed E-state index contributed by atoms with van der Waals surface area (Å²) in [6, 6.07) is 14.4. The monoisotopic (exact) mass is 226 g/mol. The van der Waals surface area contributed by atoms with Crippen LogP contribution in [-0.2, 0) is 6.54 Å². The first kappa shape index (κ1) is 11.5. The highest BCUT2D eigenvalue weighted by Gasteiger charge is 2.02. The second-order valence-electron chi connectivity index (χ2n) is 4.32. The average molecular weight is 226 g/mol. The maximum atomic E-state index is 6.04. The summed E-state index contributed by atoms with van der Waals surface area (Å²) >= 11 is 0. The van der Waals surface area contributed by atoms with Gasteiger partial charge in [0.1, 0.15) is 0 Å². The summed E-state index contributed by atoms with van der Waals surface area (Å²) in [4.78, 5) is 0. The summed E-state index contributed by atoms with van der Waals surface area (Å²) in [5.41, 5.74) is 11.6. The number of nitrogens with two attached hydrogens (primary N) is 1. The van der Waals surface area contributed by atoms with Gasteiger partial charge in [0.25, 0.3) is 0 Å². The molecule has 0 unspecified atom stereocenters. The number of nitrogen functional groups attached to an aromatic ring is 1. The van der Waals surface area contributed by atoms with Gasteiger partial charge in [0.05, 0.1) is 0 Å². The van der Waals surface area contributed by atoms with Crippen molar-refractivity contribution in [2.75, 3.05) is 11.1 Å². The van der Waals surface area contributed by atoms with Crippen LogP contribution in [0.3, 0.4) is 0 Å². The number of aryl methyl sites for hydroxylation is 2. The van der Waals surface area contributed by atoms with Crippen molar-refractivity contribution in [3.05, 3.63) is 59.2 Å². The van der Waals surface area contributed by atoms with E-state index in [2.05, 4.69) is 30.4 Å².